The van der Waals surface area contributed by atoms with Crippen molar-refractivity contribution in [3.05, 3.63) is 61.2 Å². The third kappa shape index (κ3) is 4.28. The predicted molar refractivity (Wildman–Crippen MR) is 145 cm³/mol. The highest BCUT2D eigenvalue weighted by Gasteiger charge is 2.80. The van der Waals surface area contributed by atoms with Gasteiger partial charge >= 0.3 is 0 Å². The highest BCUT2D eigenvalue weighted by molar-refractivity contribution is 5.99. The first kappa shape index (κ1) is 28.0. The number of nitrogens with zero attached hydrogens (tertiary/aromatic N) is 3. The molecule has 3 fully saturated rings. The average Bonchev–Trinajstić information content (AvgIpc) is 3.39. The molecule has 0 aliphatic carbocycles. The van der Waals surface area contributed by atoms with Gasteiger partial charge in [0.25, 0.3) is 0 Å². The molecule has 3 aliphatic rings. The first-order chi connectivity index (χ1) is 18.1. The summed E-state index contributed by atoms with van der Waals surface area (Å²) in [7, 11) is 0. The fourth-order valence-corrected chi connectivity index (χ4v) is 6.98. The van der Waals surface area contributed by atoms with E-state index in [1.165, 1.54) is 4.90 Å². The number of fused-ring (bicyclic) bond motifs is 1. The third-order valence-electron chi connectivity index (χ3n) is 8.77. The van der Waals surface area contributed by atoms with Gasteiger partial charge < -0.3 is 24.5 Å². The molecule has 8 nitrogen and oxygen atoms in total. The molecule has 1 aromatic rings. The van der Waals surface area contributed by atoms with E-state index in [9.17, 15) is 19.5 Å². The normalized spacial score (nSPS) is 31.4. The van der Waals surface area contributed by atoms with Gasteiger partial charge in [-0.2, -0.15) is 0 Å². The second-order valence-corrected chi connectivity index (χ2v) is 11.3. The van der Waals surface area contributed by atoms with Gasteiger partial charge in [-0.25, -0.2) is 0 Å². The van der Waals surface area contributed by atoms with E-state index < -0.39 is 29.1 Å². The molecule has 8 heteroatoms. The van der Waals surface area contributed by atoms with Gasteiger partial charge in [-0.3, -0.25) is 14.4 Å². The van der Waals surface area contributed by atoms with Crippen molar-refractivity contribution in [2.24, 2.45) is 17.8 Å². The van der Waals surface area contributed by atoms with Crippen LogP contribution < -0.4 is 0 Å². The molecule has 0 aromatic heterocycles. The molecular formula is C30H41N3O5. The molecule has 1 N–H and O–H groups in total. The number of ether oxygens (including phenoxy) is 1. The summed E-state index contributed by atoms with van der Waals surface area (Å²) >= 11 is 0. The van der Waals surface area contributed by atoms with Gasteiger partial charge in [-0.1, -0.05) is 49.4 Å². The number of β-amino-alcohol motifs (C(OH)–C–C–N with tert-alkyl or cyclic N) is 1. The van der Waals surface area contributed by atoms with Gasteiger partial charge in [-0.15, -0.1) is 13.2 Å². The van der Waals surface area contributed by atoms with E-state index in [0.717, 1.165) is 5.56 Å². The van der Waals surface area contributed by atoms with E-state index in [1.54, 1.807) is 22.0 Å². The number of likely N-dealkylation sites (tertiary alicyclic amines) is 1. The van der Waals surface area contributed by atoms with Crippen molar-refractivity contribution in [2.75, 3.05) is 26.2 Å². The fourth-order valence-electron chi connectivity index (χ4n) is 6.98. The zero-order valence-electron chi connectivity index (χ0n) is 23.0. The van der Waals surface area contributed by atoms with Gasteiger partial charge in [0, 0.05) is 32.2 Å². The average molecular weight is 524 g/mol. The van der Waals surface area contributed by atoms with Crippen molar-refractivity contribution in [3.8, 4) is 0 Å². The molecule has 3 amide bonds. The lowest BCUT2D eigenvalue weighted by molar-refractivity contribution is -0.156. The molecule has 2 bridgehead atoms. The molecule has 6 atom stereocenters. The van der Waals surface area contributed by atoms with Crippen molar-refractivity contribution < 1.29 is 24.2 Å². The Morgan fingerprint density at radius 2 is 1.84 bits per heavy atom. The van der Waals surface area contributed by atoms with E-state index >= 15 is 0 Å². The number of amides is 3. The van der Waals surface area contributed by atoms with E-state index in [-0.39, 0.29) is 42.8 Å². The molecule has 3 unspecified atom stereocenters. The number of carbonyl (C=O) groups is 3. The molecule has 1 aromatic carbocycles. The molecule has 38 heavy (non-hydrogen) atoms. The first-order valence-corrected chi connectivity index (χ1v) is 13.5. The zero-order valence-corrected chi connectivity index (χ0v) is 23.0. The van der Waals surface area contributed by atoms with Crippen LogP contribution in [0.1, 0.15) is 39.7 Å². The summed E-state index contributed by atoms with van der Waals surface area (Å²) in [6, 6.07) is 8.67. The smallest absolute Gasteiger partial charge is 0.248 e. The maximum absolute atomic E-state index is 14.3. The van der Waals surface area contributed by atoms with Crippen LogP contribution in [0.5, 0.6) is 0 Å². The summed E-state index contributed by atoms with van der Waals surface area (Å²) < 4.78 is 6.79. The number of aliphatic hydroxyl groups excluding tert-OH is 1. The van der Waals surface area contributed by atoms with Gasteiger partial charge in [0.15, 0.2) is 0 Å². The number of aliphatic hydroxyl groups is 1. The topological polar surface area (TPSA) is 90.4 Å². The van der Waals surface area contributed by atoms with Gasteiger partial charge in [-0.05, 0) is 38.7 Å². The lowest BCUT2D eigenvalue weighted by Gasteiger charge is -2.39. The summed E-state index contributed by atoms with van der Waals surface area (Å²) in [5.41, 5.74) is -1.07. The molecule has 3 saturated heterocycles. The van der Waals surface area contributed by atoms with Crippen LogP contribution in [-0.2, 0) is 25.7 Å². The molecule has 4 rings (SSSR count). The van der Waals surface area contributed by atoms with Crippen molar-refractivity contribution in [3.63, 3.8) is 0 Å². The van der Waals surface area contributed by atoms with Crippen LogP contribution >= 0.6 is 0 Å². The van der Waals surface area contributed by atoms with E-state index in [4.69, 9.17) is 4.74 Å². The molecule has 3 heterocycles. The Labute approximate surface area is 225 Å². The maximum Gasteiger partial charge on any atom is 0.248 e. The van der Waals surface area contributed by atoms with Crippen LogP contribution in [0.3, 0.4) is 0 Å². The van der Waals surface area contributed by atoms with E-state index in [1.807, 2.05) is 58.0 Å². The van der Waals surface area contributed by atoms with Gasteiger partial charge in [0.05, 0.1) is 24.0 Å². The van der Waals surface area contributed by atoms with E-state index in [2.05, 4.69) is 13.2 Å². The third-order valence-corrected chi connectivity index (χ3v) is 8.77. The quantitative estimate of drug-likeness (QED) is 0.451. The summed E-state index contributed by atoms with van der Waals surface area (Å²) in [6.07, 6.45) is 3.84. The predicted octanol–water partition coefficient (Wildman–Crippen LogP) is 2.63. The number of carbonyl (C=O) groups excluding carboxylic acids is 3. The Kier molecular flexibility index (Phi) is 7.86. The van der Waals surface area contributed by atoms with Crippen molar-refractivity contribution in [1.29, 1.82) is 0 Å². The number of benzene rings is 1. The molecule has 3 aliphatic heterocycles. The molecule has 206 valence electrons. The summed E-state index contributed by atoms with van der Waals surface area (Å²) in [4.78, 5) is 47.4. The first-order valence-electron chi connectivity index (χ1n) is 13.5. The van der Waals surface area contributed by atoms with Crippen LogP contribution in [0.2, 0.25) is 0 Å². The maximum atomic E-state index is 14.3. The summed E-state index contributed by atoms with van der Waals surface area (Å²) in [5, 5.41) is 9.86. The Morgan fingerprint density at radius 1 is 1.18 bits per heavy atom. The fraction of sp³-hybridized carbons (Fsp3) is 0.567. The lowest BCUT2D eigenvalue weighted by Crippen LogP contribution is -2.58. The van der Waals surface area contributed by atoms with Crippen LogP contribution in [0.15, 0.2) is 55.6 Å². The number of hydrogen-bond acceptors (Lipinski definition) is 5. The highest BCUT2D eigenvalue weighted by atomic mass is 16.5. The molecule has 0 saturated carbocycles. The van der Waals surface area contributed by atoms with Gasteiger partial charge in [0.2, 0.25) is 17.7 Å². The van der Waals surface area contributed by atoms with Crippen molar-refractivity contribution in [1.82, 2.24) is 14.7 Å². The zero-order chi connectivity index (χ0) is 27.8. The van der Waals surface area contributed by atoms with Crippen LogP contribution in [0, 0.1) is 17.8 Å². The SMILES string of the molecule is C=CCN(Cc1ccccc1)C(=O)[C@H]1[C@H]2C(=O)N(CCO)C(C(=O)N(CC=C)C(C)C)C23CC(C)[C@]1(C)O3. The summed E-state index contributed by atoms with van der Waals surface area (Å²) in [5.74, 6) is -2.33. The molecular weight excluding hydrogens is 482 g/mol. The minimum Gasteiger partial charge on any atom is -0.395 e. The minimum absolute atomic E-state index is 0.00324. The Bertz CT molecular complexity index is 1090. The Balaban J connectivity index is 1.78. The molecule has 1 spiro atoms. The minimum atomic E-state index is -1.14. The number of hydrogen-bond donors (Lipinski definition) is 1. The van der Waals surface area contributed by atoms with Crippen molar-refractivity contribution >= 4 is 17.7 Å². The highest BCUT2D eigenvalue weighted by Crippen LogP contribution is 2.65. The second kappa shape index (κ2) is 10.7. The van der Waals surface area contributed by atoms with Gasteiger partial charge in [0.1, 0.15) is 11.6 Å². The van der Waals surface area contributed by atoms with E-state index in [0.29, 0.717) is 26.1 Å². The Morgan fingerprint density at radius 3 is 2.42 bits per heavy atom. The monoisotopic (exact) mass is 523 g/mol. The second-order valence-electron chi connectivity index (χ2n) is 11.3. The number of rotatable bonds is 11. The Hall–Kier alpha value is -2.97. The van der Waals surface area contributed by atoms with Crippen LogP contribution in [0.4, 0.5) is 0 Å². The standard InChI is InChI=1S/C30H41N3O5/c1-7-14-31(19-22-12-10-9-11-13-22)26(35)23-24-27(36)33(16-17-34)25(28(37)32(15-8-2)20(3)4)30(24)18-21(5)29(23,6)38-30/h7-13,20-21,23-25,34H,1-2,14-19H2,3-6H3/t21?,23-,24+,25?,29+,30?/m1/s1. The van der Waals surface area contributed by atoms with Crippen LogP contribution in [-0.4, -0.2) is 87.1 Å². The van der Waals surface area contributed by atoms with Crippen molar-refractivity contribution in [2.45, 2.75) is 63.9 Å². The largest absolute Gasteiger partial charge is 0.395 e. The summed E-state index contributed by atoms with van der Waals surface area (Å²) in [6.45, 7) is 16.2. The lowest BCUT2D eigenvalue weighted by atomic mass is 9.62. The molecule has 0 radical (unpaired) electrons. The van der Waals surface area contributed by atoms with Crippen LogP contribution in [0.25, 0.3) is 0 Å².